The molecule has 0 radical (unpaired) electrons. The maximum absolute atomic E-state index is 13.1. The first kappa shape index (κ1) is 20.7. The summed E-state index contributed by atoms with van der Waals surface area (Å²) in [5.41, 5.74) is 5.49. The number of nitrogens with one attached hydrogen (secondary N) is 1. The van der Waals surface area contributed by atoms with E-state index in [1.54, 1.807) is 24.3 Å². The molecule has 0 atom stereocenters. The van der Waals surface area contributed by atoms with Crippen LogP contribution in [0, 0.1) is 6.92 Å². The molecule has 1 aliphatic carbocycles. The van der Waals surface area contributed by atoms with Crippen molar-refractivity contribution in [3.8, 4) is 11.3 Å². The molecule has 1 aliphatic rings. The molecule has 0 bridgehead atoms. The minimum absolute atomic E-state index is 0.0774. The van der Waals surface area contributed by atoms with Gasteiger partial charge in [0.1, 0.15) is 6.54 Å². The molecule has 0 saturated carbocycles. The molecule has 1 aromatic heterocycles. The predicted octanol–water partition coefficient (Wildman–Crippen LogP) is 3.94. The zero-order valence-electron chi connectivity index (χ0n) is 17.8. The summed E-state index contributed by atoms with van der Waals surface area (Å²) in [6.07, 6.45) is 3.52. The number of aromatic nitrogens is 2. The van der Waals surface area contributed by atoms with Gasteiger partial charge in [-0.05, 0) is 57.2 Å². The number of Topliss-reactive ketones (excluding diaryl/α,β-unsaturated/α-hetero) is 1. The highest BCUT2D eigenvalue weighted by atomic mass is 16.2. The zero-order valence-corrected chi connectivity index (χ0v) is 17.8. The van der Waals surface area contributed by atoms with Crippen LogP contribution in [0.3, 0.4) is 0 Å². The highest BCUT2D eigenvalue weighted by Crippen LogP contribution is 2.28. The summed E-state index contributed by atoms with van der Waals surface area (Å²) in [7, 11) is 0. The van der Waals surface area contributed by atoms with Crippen molar-refractivity contribution in [2.45, 2.75) is 46.1 Å². The number of hydrogen-bond acceptors (Lipinski definition) is 4. The molecule has 31 heavy (non-hydrogen) atoms. The van der Waals surface area contributed by atoms with Gasteiger partial charge in [-0.25, -0.2) is 4.68 Å². The van der Waals surface area contributed by atoms with Crippen LogP contribution in [0.15, 0.2) is 53.3 Å². The lowest BCUT2D eigenvalue weighted by molar-refractivity contribution is -0.117. The molecule has 6 nitrogen and oxygen atoms in total. The Morgan fingerprint density at radius 2 is 1.74 bits per heavy atom. The number of rotatable bonds is 5. The maximum atomic E-state index is 13.1. The first-order chi connectivity index (χ1) is 14.9. The third-order valence-electron chi connectivity index (χ3n) is 5.64. The normalized spacial score (nSPS) is 12.8. The minimum Gasteiger partial charge on any atom is -0.324 e. The lowest BCUT2D eigenvalue weighted by atomic mass is 9.89. The highest BCUT2D eigenvalue weighted by molar-refractivity contribution is 5.97. The molecule has 0 fully saturated rings. The number of ketones is 1. The first-order valence-corrected chi connectivity index (χ1v) is 10.5. The van der Waals surface area contributed by atoms with Gasteiger partial charge >= 0.3 is 0 Å². The summed E-state index contributed by atoms with van der Waals surface area (Å²) in [6, 6.07) is 14.8. The van der Waals surface area contributed by atoms with Crippen molar-refractivity contribution in [3.05, 3.63) is 81.1 Å². The first-order valence-electron chi connectivity index (χ1n) is 10.5. The average Bonchev–Trinajstić information content (AvgIpc) is 2.76. The molecule has 4 rings (SSSR count). The molecule has 1 heterocycles. The molecule has 0 spiro atoms. The van der Waals surface area contributed by atoms with Gasteiger partial charge in [0.2, 0.25) is 5.91 Å². The van der Waals surface area contributed by atoms with Gasteiger partial charge in [-0.15, -0.1) is 0 Å². The molecule has 158 valence electrons. The number of benzene rings is 2. The van der Waals surface area contributed by atoms with E-state index in [4.69, 9.17) is 0 Å². The van der Waals surface area contributed by atoms with Gasteiger partial charge in [0, 0.05) is 22.4 Å². The second kappa shape index (κ2) is 8.68. The van der Waals surface area contributed by atoms with Crippen LogP contribution in [0.25, 0.3) is 11.3 Å². The molecule has 1 N–H and O–H groups in total. The minimum atomic E-state index is -0.360. The molecular formula is C25H25N3O3. The van der Waals surface area contributed by atoms with Crippen LogP contribution >= 0.6 is 0 Å². The van der Waals surface area contributed by atoms with Crippen molar-refractivity contribution < 1.29 is 9.59 Å². The van der Waals surface area contributed by atoms with Gasteiger partial charge in [0.25, 0.3) is 5.56 Å². The third kappa shape index (κ3) is 4.48. The Labute approximate surface area is 180 Å². The number of carbonyl (C=O) groups is 2. The second-order valence-corrected chi connectivity index (χ2v) is 8.03. The number of fused-ring (bicyclic) bond motifs is 1. The van der Waals surface area contributed by atoms with Crippen molar-refractivity contribution in [1.29, 1.82) is 0 Å². The van der Waals surface area contributed by atoms with Gasteiger partial charge in [0.15, 0.2) is 5.78 Å². The van der Waals surface area contributed by atoms with Crippen LogP contribution in [-0.4, -0.2) is 21.5 Å². The summed E-state index contributed by atoms with van der Waals surface area (Å²) in [6.45, 7) is 3.32. The van der Waals surface area contributed by atoms with E-state index in [1.807, 2.05) is 31.2 Å². The Hall–Kier alpha value is -3.54. The number of anilines is 1. The van der Waals surface area contributed by atoms with Gasteiger partial charge in [-0.3, -0.25) is 14.4 Å². The fourth-order valence-electron chi connectivity index (χ4n) is 3.99. The molecule has 1 amide bonds. The Morgan fingerprint density at radius 3 is 2.45 bits per heavy atom. The van der Waals surface area contributed by atoms with Crippen LogP contribution in [0.4, 0.5) is 5.69 Å². The lowest BCUT2D eigenvalue weighted by Crippen LogP contribution is -2.34. The van der Waals surface area contributed by atoms with Crippen LogP contribution < -0.4 is 10.9 Å². The van der Waals surface area contributed by atoms with E-state index in [-0.39, 0.29) is 23.8 Å². The van der Waals surface area contributed by atoms with E-state index in [2.05, 4.69) is 10.4 Å². The third-order valence-corrected chi connectivity index (χ3v) is 5.64. The molecule has 0 aliphatic heterocycles. The summed E-state index contributed by atoms with van der Waals surface area (Å²) in [5.74, 6) is -0.438. The molecular weight excluding hydrogens is 390 g/mol. The molecule has 3 aromatic rings. The van der Waals surface area contributed by atoms with E-state index < -0.39 is 0 Å². The smallest absolute Gasteiger partial charge is 0.270 e. The fraction of sp³-hybridized carbons (Fsp3) is 0.280. The van der Waals surface area contributed by atoms with Gasteiger partial charge in [-0.2, -0.15) is 5.10 Å². The zero-order chi connectivity index (χ0) is 22.0. The second-order valence-electron chi connectivity index (χ2n) is 8.03. The van der Waals surface area contributed by atoms with Gasteiger partial charge in [-0.1, -0.05) is 42.0 Å². The van der Waals surface area contributed by atoms with Gasteiger partial charge < -0.3 is 5.32 Å². The summed E-state index contributed by atoms with van der Waals surface area (Å²) >= 11 is 0. The van der Waals surface area contributed by atoms with E-state index in [9.17, 15) is 14.4 Å². The van der Waals surface area contributed by atoms with Crippen molar-refractivity contribution in [2.24, 2.45) is 0 Å². The lowest BCUT2D eigenvalue weighted by Gasteiger charge is -2.20. The number of aryl methyl sites for hydroxylation is 1. The number of carbonyl (C=O) groups excluding carboxylic acids is 2. The SMILES string of the molecule is CC(=O)c1cccc(NC(=O)Cn2nc(-c3ccc(C)cc3)c3c(c2=O)CCCC3)c1. The Bertz CT molecular complexity index is 1210. The summed E-state index contributed by atoms with van der Waals surface area (Å²) in [5, 5.41) is 7.37. The van der Waals surface area contributed by atoms with Crippen molar-refractivity contribution >= 4 is 17.4 Å². The largest absolute Gasteiger partial charge is 0.324 e. The summed E-state index contributed by atoms with van der Waals surface area (Å²) < 4.78 is 1.27. The Balaban J connectivity index is 1.66. The van der Waals surface area contributed by atoms with Crippen molar-refractivity contribution in [1.82, 2.24) is 9.78 Å². The highest BCUT2D eigenvalue weighted by Gasteiger charge is 2.22. The molecule has 2 aromatic carbocycles. The molecule has 0 saturated heterocycles. The average molecular weight is 415 g/mol. The topological polar surface area (TPSA) is 81.1 Å². The fourth-order valence-corrected chi connectivity index (χ4v) is 3.99. The van der Waals surface area contributed by atoms with Crippen LogP contribution in [0.2, 0.25) is 0 Å². The Kier molecular flexibility index (Phi) is 5.80. The van der Waals surface area contributed by atoms with Gasteiger partial charge in [0.05, 0.1) is 5.69 Å². The van der Waals surface area contributed by atoms with Crippen LogP contribution in [0.5, 0.6) is 0 Å². The standard InChI is InChI=1S/C25H25N3O3/c1-16-10-12-18(13-11-16)24-21-8-3-4-9-22(21)25(31)28(27-24)15-23(30)26-20-7-5-6-19(14-20)17(2)29/h5-7,10-14H,3-4,8-9,15H2,1-2H3,(H,26,30). The van der Waals surface area contributed by atoms with E-state index in [0.29, 0.717) is 17.7 Å². The number of hydrogen-bond donors (Lipinski definition) is 1. The number of amides is 1. The Morgan fingerprint density at radius 1 is 1.03 bits per heavy atom. The van der Waals surface area contributed by atoms with Crippen LogP contribution in [0.1, 0.15) is 46.8 Å². The van der Waals surface area contributed by atoms with E-state index in [1.165, 1.54) is 11.6 Å². The quantitative estimate of drug-likeness (QED) is 0.640. The molecule has 6 heteroatoms. The van der Waals surface area contributed by atoms with E-state index in [0.717, 1.165) is 47.2 Å². The monoisotopic (exact) mass is 415 g/mol. The number of nitrogens with zero attached hydrogens (tertiary/aromatic N) is 2. The van der Waals surface area contributed by atoms with E-state index >= 15 is 0 Å². The van der Waals surface area contributed by atoms with Crippen LogP contribution in [-0.2, 0) is 24.2 Å². The molecule has 0 unspecified atom stereocenters. The summed E-state index contributed by atoms with van der Waals surface area (Å²) in [4.78, 5) is 37.3. The maximum Gasteiger partial charge on any atom is 0.270 e. The van der Waals surface area contributed by atoms with Crippen molar-refractivity contribution in [2.75, 3.05) is 5.32 Å². The van der Waals surface area contributed by atoms with Crippen molar-refractivity contribution in [3.63, 3.8) is 0 Å². The predicted molar refractivity (Wildman–Crippen MR) is 120 cm³/mol.